The zero-order chi connectivity index (χ0) is 30.9. The standard InChI is InChI=1S/C44H29NOS/c1-3-11-29(12-4-1)33-16-9-18-35-36-19-10-17-34(43(36)46-42(33)35)30-23-21-28(22-24-30)31-25-26-38-40(27-31)47-44-37-15-7-8-20-39(37)45(41(38)44)32-13-5-2-6-14-32/h1-27,41,44H. The molecule has 7 aromatic carbocycles. The summed E-state index contributed by atoms with van der Waals surface area (Å²) in [6.07, 6.45) is 0. The summed E-state index contributed by atoms with van der Waals surface area (Å²) < 4.78 is 6.68. The summed E-state index contributed by atoms with van der Waals surface area (Å²) in [5, 5.41) is 2.67. The van der Waals surface area contributed by atoms with Gasteiger partial charge in [-0.1, -0.05) is 140 Å². The Kier molecular flexibility index (Phi) is 5.97. The molecule has 8 aromatic rings. The molecule has 0 N–H and O–H groups in total. The lowest BCUT2D eigenvalue weighted by molar-refractivity contribution is 0.671. The maximum atomic E-state index is 6.68. The number of fused-ring (bicyclic) bond motifs is 8. The quantitative estimate of drug-likeness (QED) is 0.195. The van der Waals surface area contributed by atoms with Crippen molar-refractivity contribution in [1.82, 2.24) is 0 Å². The molecule has 222 valence electrons. The molecule has 2 aliphatic rings. The zero-order valence-corrected chi connectivity index (χ0v) is 26.3. The molecular formula is C44H29NOS. The maximum absolute atomic E-state index is 6.68. The van der Waals surface area contributed by atoms with Gasteiger partial charge in [-0.2, -0.15) is 0 Å². The molecule has 0 amide bonds. The number of thioether (sulfide) groups is 1. The van der Waals surface area contributed by atoms with Gasteiger partial charge in [0.05, 0.1) is 11.3 Å². The van der Waals surface area contributed by atoms with Gasteiger partial charge in [-0.3, -0.25) is 0 Å². The Morgan fingerprint density at radius 2 is 1.06 bits per heavy atom. The van der Waals surface area contributed by atoms with Crippen molar-refractivity contribution in [1.29, 1.82) is 0 Å². The first-order chi connectivity index (χ1) is 23.3. The van der Waals surface area contributed by atoms with E-state index in [9.17, 15) is 0 Å². The molecule has 2 unspecified atom stereocenters. The molecule has 0 saturated heterocycles. The summed E-state index contributed by atoms with van der Waals surface area (Å²) in [5.74, 6) is 0. The number of para-hydroxylation sites is 4. The van der Waals surface area contributed by atoms with Crippen LogP contribution < -0.4 is 4.90 Å². The van der Waals surface area contributed by atoms with Crippen LogP contribution in [0, 0.1) is 0 Å². The Morgan fingerprint density at radius 1 is 0.468 bits per heavy atom. The van der Waals surface area contributed by atoms with Crippen molar-refractivity contribution in [2.24, 2.45) is 0 Å². The van der Waals surface area contributed by atoms with Gasteiger partial charge in [-0.15, -0.1) is 11.8 Å². The Hall–Kier alpha value is -5.51. The lowest BCUT2D eigenvalue weighted by Gasteiger charge is -2.27. The topological polar surface area (TPSA) is 16.4 Å². The van der Waals surface area contributed by atoms with Gasteiger partial charge in [0.2, 0.25) is 0 Å². The zero-order valence-electron chi connectivity index (χ0n) is 25.5. The summed E-state index contributed by atoms with van der Waals surface area (Å²) in [4.78, 5) is 3.91. The third-order valence-electron chi connectivity index (χ3n) is 9.83. The van der Waals surface area contributed by atoms with Crippen LogP contribution in [-0.4, -0.2) is 0 Å². The van der Waals surface area contributed by atoms with E-state index in [1.807, 2.05) is 11.8 Å². The summed E-state index contributed by atoms with van der Waals surface area (Å²) >= 11 is 2.01. The molecule has 0 saturated carbocycles. The smallest absolute Gasteiger partial charge is 0.143 e. The highest BCUT2D eigenvalue weighted by molar-refractivity contribution is 8.00. The Labute approximate surface area is 277 Å². The average Bonchev–Trinajstić information content (AvgIpc) is 3.81. The largest absolute Gasteiger partial charge is 0.455 e. The highest BCUT2D eigenvalue weighted by Crippen LogP contribution is 2.64. The van der Waals surface area contributed by atoms with Gasteiger partial charge in [0, 0.05) is 38.2 Å². The van der Waals surface area contributed by atoms with Crippen LogP contribution in [0.15, 0.2) is 173 Å². The normalized spacial score (nSPS) is 16.4. The molecule has 3 heterocycles. The highest BCUT2D eigenvalue weighted by atomic mass is 32.2. The van der Waals surface area contributed by atoms with Crippen LogP contribution in [0.4, 0.5) is 11.4 Å². The van der Waals surface area contributed by atoms with Crippen LogP contribution in [0.5, 0.6) is 0 Å². The van der Waals surface area contributed by atoms with Crippen molar-refractivity contribution < 1.29 is 4.42 Å². The monoisotopic (exact) mass is 619 g/mol. The fourth-order valence-corrected chi connectivity index (χ4v) is 9.17. The summed E-state index contributed by atoms with van der Waals surface area (Å²) in [7, 11) is 0. The minimum absolute atomic E-state index is 0.290. The number of benzene rings is 7. The van der Waals surface area contributed by atoms with E-state index in [0.717, 1.165) is 44.2 Å². The molecular weight excluding hydrogens is 591 g/mol. The Bertz CT molecular complexity index is 2450. The van der Waals surface area contributed by atoms with Crippen LogP contribution in [0.3, 0.4) is 0 Å². The highest BCUT2D eigenvalue weighted by Gasteiger charge is 2.45. The van der Waals surface area contributed by atoms with E-state index in [1.165, 1.54) is 38.5 Å². The summed E-state index contributed by atoms with van der Waals surface area (Å²) in [6.45, 7) is 0. The Morgan fingerprint density at radius 3 is 1.79 bits per heavy atom. The van der Waals surface area contributed by atoms with Gasteiger partial charge in [0.15, 0.2) is 0 Å². The van der Waals surface area contributed by atoms with Crippen molar-refractivity contribution in [3.8, 4) is 33.4 Å². The predicted octanol–water partition coefficient (Wildman–Crippen LogP) is 12.6. The lowest BCUT2D eigenvalue weighted by Crippen LogP contribution is -2.19. The van der Waals surface area contributed by atoms with Gasteiger partial charge < -0.3 is 9.32 Å². The van der Waals surface area contributed by atoms with E-state index in [2.05, 4.69) is 169 Å². The maximum Gasteiger partial charge on any atom is 0.143 e. The van der Waals surface area contributed by atoms with Gasteiger partial charge in [-0.25, -0.2) is 0 Å². The van der Waals surface area contributed by atoms with Crippen molar-refractivity contribution in [2.45, 2.75) is 16.2 Å². The molecule has 0 fully saturated rings. The van der Waals surface area contributed by atoms with Crippen LogP contribution in [0.1, 0.15) is 22.4 Å². The van der Waals surface area contributed by atoms with Crippen molar-refractivity contribution in [2.75, 3.05) is 4.90 Å². The number of anilines is 2. The van der Waals surface area contributed by atoms with Crippen molar-refractivity contribution in [3.63, 3.8) is 0 Å². The van der Waals surface area contributed by atoms with E-state index < -0.39 is 0 Å². The number of rotatable bonds is 4. The van der Waals surface area contributed by atoms with Crippen LogP contribution in [0.25, 0.3) is 55.3 Å². The summed E-state index contributed by atoms with van der Waals surface area (Å²) in [5.41, 5.74) is 14.3. The molecule has 0 spiro atoms. The number of furan rings is 1. The van der Waals surface area contributed by atoms with Crippen molar-refractivity contribution in [3.05, 3.63) is 175 Å². The Balaban J connectivity index is 1.00. The van der Waals surface area contributed by atoms with Crippen LogP contribution >= 0.6 is 11.8 Å². The second-order valence-corrected chi connectivity index (χ2v) is 13.6. The van der Waals surface area contributed by atoms with Crippen molar-refractivity contribution >= 4 is 45.1 Å². The van der Waals surface area contributed by atoms with Crippen LogP contribution in [0.2, 0.25) is 0 Å². The van der Waals surface area contributed by atoms with E-state index in [1.54, 1.807) is 0 Å². The molecule has 0 bridgehead atoms. The van der Waals surface area contributed by atoms with E-state index in [-0.39, 0.29) is 6.04 Å². The molecule has 10 rings (SSSR count). The molecule has 2 atom stereocenters. The first kappa shape index (κ1) is 26.7. The number of nitrogens with zero attached hydrogens (tertiary/aromatic N) is 1. The third kappa shape index (κ3) is 4.13. The van der Waals surface area contributed by atoms with Crippen LogP contribution in [-0.2, 0) is 0 Å². The minimum Gasteiger partial charge on any atom is -0.455 e. The SMILES string of the molecule is c1ccc(-c2cccc3c2oc2c(-c4ccc(-c5ccc6c(c5)SC5c7ccccc7N(c7ccccc7)C65)cc4)cccc23)cc1. The molecule has 0 radical (unpaired) electrons. The molecule has 1 aromatic heterocycles. The van der Waals surface area contributed by atoms with E-state index >= 15 is 0 Å². The van der Waals surface area contributed by atoms with E-state index in [4.69, 9.17) is 4.42 Å². The first-order valence-electron chi connectivity index (χ1n) is 16.2. The molecule has 3 heteroatoms. The van der Waals surface area contributed by atoms with Gasteiger partial charge in [0.1, 0.15) is 11.2 Å². The summed E-state index contributed by atoms with van der Waals surface area (Å²) in [6, 6.07) is 59.4. The molecule has 47 heavy (non-hydrogen) atoms. The second-order valence-electron chi connectivity index (χ2n) is 12.4. The molecule has 2 aliphatic heterocycles. The first-order valence-corrected chi connectivity index (χ1v) is 17.0. The fraction of sp³-hybridized carbons (Fsp3) is 0.0455. The van der Waals surface area contributed by atoms with Gasteiger partial charge in [-0.05, 0) is 57.6 Å². The number of hydrogen-bond donors (Lipinski definition) is 0. The minimum atomic E-state index is 0.290. The predicted molar refractivity (Wildman–Crippen MR) is 196 cm³/mol. The van der Waals surface area contributed by atoms with E-state index in [0.29, 0.717) is 5.25 Å². The third-order valence-corrected chi connectivity index (χ3v) is 11.2. The molecule has 0 aliphatic carbocycles. The number of hydrogen-bond acceptors (Lipinski definition) is 3. The fourth-order valence-electron chi connectivity index (χ4n) is 7.65. The van der Waals surface area contributed by atoms with Gasteiger partial charge in [0.25, 0.3) is 0 Å². The second kappa shape index (κ2) is 10.5. The average molecular weight is 620 g/mol. The molecule has 2 nitrogen and oxygen atoms in total. The lowest BCUT2D eigenvalue weighted by atomic mass is 9.96. The van der Waals surface area contributed by atoms with Gasteiger partial charge >= 0.3 is 0 Å².